The lowest BCUT2D eigenvalue weighted by Crippen LogP contribution is -2.37. The Morgan fingerprint density at radius 3 is 2.41 bits per heavy atom. The van der Waals surface area contributed by atoms with Gasteiger partial charge in [0.15, 0.2) is 0 Å². The summed E-state index contributed by atoms with van der Waals surface area (Å²) in [5.41, 5.74) is 3.61. The van der Waals surface area contributed by atoms with E-state index in [9.17, 15) is 4.79 Å². The van der Waals surface area contributed by atoms with Gasteiger partial charge in [-0.25, -0.2) is 0 Å². The highest BCUT2D eigenvalue weighted by molar-refractivity contribution is 6.00. The number of amides is 1. The number of hydrogen-bond donors (Lipinski definition) is 1. The molecule has 0 atom stereocenters. The number of rotatable bonds is 3. The van der Waals surface area contributed by atoms with Crippen LogP contribution in [0.4, 0.5) is 5.69 Å². The average molecular weight is 366 g/mol. The highest BCUT2D eigenvalue weighted by Crippen LogP contribution is 2.48. The molecule has 2 fully saturated rings. The monoisotopic (exact) mass is 365 g/mol. The Kier molecular flexibility index (Phi) is 4.61. The minimum Gasteiger partial charge on any atom is -0.312 e. The maximum absolute atomic E-state index is 13.3. The Morgan fingerprint density at radius 1 is 1.11 bits per heavy atom. The zero-order valence-corrected chi connectivity index (χ0v) is 16.8. The lowest BCUT2D eigenvalue weighted by Gasteiger charge is -2.35. The second kappa shape index (κ2) is 6.81. The minimum atomic E-state index is -0.118. The number of anilines is 1. The Hall–Kier alpha value is -2.10. The number of nitrogens with zero attached hydrogens (tertiary/aromatic N) is 2. The molecule has 1 aliphatic heterocycles. The van der Waals surface area contributed by atoms with Crippen LogP contribution in [0.15, 0.2) is 36.5 Å². The largest absolute Gasteiger partial charge is 0.312 e. The fourth-order valence-electron chi connectivity index (χ4n) is 4.82. The van der Waals surface area contributed by atoms with Crippen molar-refractivity contribution in [3.8, 4) is 0 Å². The summed E-state index contributed by atoms with van der Waals surface area (Å²) < 4.78 is 0. The Morgan fingerprint density at radius 2 is 1.81 bits per heavy atom. The first-order chi connectivity index (χ1) is 12.9. The van der Waals surface area contributed by atoms with Crippen LogP contribution in [0.5, 0.6) is 0 Å². The van der Waals surface area contributed by atoms with Gasteiger partial charge in [-0.15, -0.1) is 0 Å². The van der Waals surface area contributed by atoms with E-state index < -0.39 is 0 Å². The highest BCUT2D eigenvalue weighted by Gasteiger charge is 2.48. The molecule has 1 amide bonds. The predicted molar refractivity (Wildman–Crippen MR) is 109 cm³/mol. The average Bonchev–Trinajstić information content (AvgIpc) is 3.26. The standard InChI is InChI=1S/C23H31N3O/c1-22(2,3)18-4-6-20(7-5-18)26-15-13-23(21(26)27)11-8-17(9-12-23)16-19-10-14-24-25-19/h4-7,10,14,17H,8-9,11-13,15-16H2,1-3H3,(H,24,25). The molecule has 1 saturated carbocycles. The number of aromatic amines is 1. The molecule has 1 saturated heterocycles. The molecule has 1 aromatic heterocycles. The van der Waals surface area contributed by atoms with Gasteiger partial charge in [-0.3, -0.25) is 9.89 Å². The second-order valence-electron chi connectivity index (χ2n) is 9.51. The predicted octanol–water partition coefficient (Wildman–Crippen LogP) is 4.86. The first kappa shape index (κ1) is 18.3. The van der Waals surface area contributed by atoms with Gasteiger partial charge in [0.2, 0.25) is 5.91 Å². The quantitative estimate of drug-likeness (QED) is 0.844. The van der Waals surface area contributed by atoms with E-state index in [-0.39, 0.29) is 10.8 Å². The molecule has 1 N–H and O–H groups in total. The SMILES string of the molecule is CC(C)(C)c1ccc(N2CCC3(CCC(Cc4ccn[nH]4)CC3)C2=O)cc1. The topological polar surface area (TPSA) is 49.0 Å². The van der Waals surface area contributed by atoms with Crippen LogP contribution in [0.2, 0.25) is 0 Å². The van der Waals surface area contributed by atoms with Crippen LogP contribution < -0.4 is 4.90 Å². The molecule has 2 aromatic rings. The maximum Gasteiger partial charge on any atom is 0.233 e. The van der Waals surface area contributed by atoms with Gasteiger partial charge < -0.3 is 4.90 Å². The van der Waals surface area contributed by atoms with Crippen LogP contribution in [-0.4, -0.2) is 22.6 Å². The van der Waals surface area contributed by atoms with Gasteiger partial charge in [-0.2, -0.15) is 5.10 Å². The molecule has 4 nitrogen and oxygen atoms in total. The first-order valence-corrected chi connectivity index (χ1v) is 10.3. The number of aromatic nitrogens is 2. The van der Waals surface area contributed by atoms with Crippen molar-refractivity contribution >= 4 is 11.6 Å². The molecular weight excluding hydrogens is 334 g/mol. The summed E-state index contributed by atoms with van der Waals surface area (Å²) in [6, 6.07) is 10.7. The third-order valence-electron chi connectivity index (χ3n) is 6.69. The summed E-state index contributed by atoms with van der Waals surface area (Å²) in [5.74, 6) is 1.02. The molecule has 0 radical (unpaired) electrons. The zero-order chi connectivity index (χ0) is 19.1. The van der Waals surface area contributed by atoms with E-state index in [2.05, 4.69) is 61.3 Å². The van der Waals surface area contributed by atoms with Crippen LogP contribution >= 0.6 is 0 Å². The number of benzene rings is 1. The van der Waals surface area contributed by atoms with Crippen LogP contribution in [-0.2, 0) is 16.6 Å². The van der Waals surface area contributed by atoms with E-state index in [1.807, 2.05) is 11.1 Å². The molecule has 1 aromatic carbocycles. The summed E-state index contributed by atoms with van der Waals surface area (Å²) in [6.07, 6.45) is 8.22. The van der Waals surface area contributed by atoms with Crippen LogP contribution in [0.1, 0.15) is 64.1 Å². The van der Waals surface area contributed by atoms with Crippen molar-refractivity contribution in [1.29, 1.82) is 0 Å². The van der Waals surface area contributed by atoms with E-state index >= 15 is 0 Å². The molecule has 0 bridgehead atoms. The zero-order valence-electron chi connectivity index (χ0n) is 16.8. The van der Waals surface area contributed by atoms with Gasteiger partial charge in [0, 0.05) is 24.1 Å². The second-order valence-corrected chi connectivity index (χ2v) is 9.51. The van der Waals surface area contributed by atoms with E-state index in [1.54, 1.807) is 0 Å². The lowest BCUT2D eigenvalue weighted by atomic mass is 9.68. The first-order valence-electron chi connectivity index (χ1n) is 10.3. The van der Waals surface area contributed by atoms with Gasteiger partial charge in [-0.05, 0) is 73.6 Å². The minimum absolute atomic E-state index is 0.118. The third-order valence-corrected chi connectivity index (χ3v) is 6.69. The van der Waals surface area contributed by atoms with Crippen molar-refractivity contribution < 1.29 is 4.79 Å². The molecule has 144 valence electrons. The number of H-pyrrole nitrogens is 1. The number of nitrogens with one attached hydrogen (secondary N) is 1. The molecule has 4 rings (SSSR count). The summed E-state index contributed by atoms with van der Waals surface area (Å²) in [6.45, 7) is 7.53. The number of hydrogen-bond acceptors (Lipinski definition) is 2. The van der Waals surface area contributed by atoms with Gasteiger partial charge in [0.05, 0.1) is 5.41 Å². The van der Waals surface area contributed by atoms with Gasteiger partial charge in [-0.1, -0.05) is 32.9 Å². The van der Waals surface area contributed by atoms with Crippen molar-refractivity contribution in [1.82, 2.24) is 10.2 Å². The molecule has 4 heteroatoms. The summed E-state index contributed by atoms with van der Waals surface area (Å²) in [4.78, 5) is 15.3. The summed E-state index contributed by atoms with van der Waals surface area (Å²) >= 11 is 0. The lowest BCUT2D eigenvalue weighted by molar-refractivity contribution is -0.127. The van der Waals surface area contributed by atoms with Crippen molar-refractivity contribution in [2.75, 3.05) is 11.4 Å². The fourth-order valence-corrected chi connectivity index (χ4v) is 4.82. The number of carbonyl (C=O) groups excluding carboxylic acids is 1. The smallest absolute Gasteiger partial charge is 0.233 e. The third kappa shape index (κ3) is 3.54. The molecule has 1 aliphatic carbocycles. The van der Waals surface area contributed by atoms with Gasteiger partial charge in [0.25, 0.3) is 0 Å². The van der Waals surface area contributed by atoms with E-state index in [0.717, 1.165) is 50.8 Å². The van der Waals surface area contributed by atoms with E-state index in [1.165, 1.54) is 11.3 Å². The molecule has 0 unspecified atom stereocenters. The van der Waals surface area contributed by atoms with Crippen LogP contribution in [0, 0.1) is 11.3 Å². The molecular formula is C23H31N3O. The Balaban J connectivity index is 1.41. The Bertz CT molecular complexity index is 778. The Labute approximate surface area is 162 Å². The van der Waals surface area contributed by atoms with Gasteiger partial charge >= 0.3 is 0 Å². The van der Waals surface area contributed by atoms with E-state index in [4.69, 9.17) is 0 Å². The van der Waals surface area contributed by atoms with E-state index in [0.29, 0.717) is 11.8 Å². The van der Waals surface area contributed by atoms with Crippen molar-refractivity contribution in [3.05, 3.63) is 47.8 Å². The van der Waals surface area contributed by atoms with Crippen molar-refractivity contribution in [3.63, 3.8) is 0 Å². The van der Waals surface area contributed by atoms with Crippen molar-refractivity contribution in [2.45, 2.75) is 64.7 Å². The maximum atomic E-state index is 13.3. The molecule has 2 aliphatic rings. The number of carbonyl (C=O) groups is 1. The molecule has 27 heavy (non-hydrogen) atoms. The highest BCUT2D eigenvalue weighted by atomic mass is 16.2. The molecule has 1 spiro atoms. The van der Waals surface area contributed by atoms with Crippen LogP contribution in [0.3, 0.4) is 0 Å². The summed E-state index contributed by atoms with van der Waals surface area (Å²) in [7, 11) is 0. The normalized spacial score (nSPS) is 26.1. The van der Waals surface area contributed by atoms with Crippen LogP contribution in [0.25, 0.3) is 0 Å². The van der Waals surface area contributed by atoms with Gasteiger partial charge in [0.1, 0.15) is 0 Å². The van der Waals surface area contributed by atoms with Crippen molar-refractivity contribution in [2.24, 2.45) is 11.3 Å². The molecule has 2 heterocycles. The summed E-state index contributed by atoms with van der Waals surface area (Å²) in [5, 5.41) is 7.12. The fraction of sp³-hybridized carbons (Fsp3) is 0.565.